The molecule has 0 amide bonds. The quantitative estimate of drug-likeness (QED) is 0.609. The summed E-state index contributed by atoms with van der Waals surface area (Å²) in [4.78, 5) is 0. The van der Waals surface area contributed by atoms with E-state index in [2.05, 4.69) is 62.9 Å². The molecule has 94 valence electrons. The van der Waals surface area contributed by atoms with Crippen LogP contribution in [-0.2, 0) is 0 Å². The van der Waals surface area contributed by atoms with Gasteiger partial charge in [-0.25, -0.2) is 0 Å². The second-order valence-electron chi connectivity index (χ2n) is 4.47. The maximum absolute atomic E-state index is 4.14. The predicted molar refractivity (Wildman–Crippen MR) is 82.5 cm³/mol. The Hall–Kier alpha value is -1.82. The molecule has 1 rings (SSSR count). The van der Waals surface area contributed by atoms with Crippen LogP contribution in [0.1, 0.15) is 31.9 Å². The number of allylic oxidation sites excluding steroid dienone is 7. The fraction of sp³-hybridized carbons (Fsp3) is 0.222. The maximum Gasteiger partial charge on any atom is -0.0225 e. The highest BCUT2D eigenvalue weighted by Gasteiger charge is 1.99. The maximum atomic E-state index is 4.14. The second-order valence-corrected chi connectivity index (χ2v) is 4.47. The zero-order valence-corrected chi connectivity index (χ0v) is 11.8. The molecule has 0 aliphatic heterocycles. The highest BCUT2D eigenvalue weighted by molar-refractivity contribution is 5.69. The summed E-state index contributed by atoms with van der Waals surface area (Å²) in [6.45, 7) is 12.4. The smallest absolute Gasteiger partial charge is 0.0225 e. The summed E-state index contributed by atoms with van der Waals surface area (Å²) in [6, 6.07) is 8.54. The van der Waals surface area contributed by atoms with Gasteiger partial charge >= 0.3 is 0 Å². The minimum absolute atomic E-state index is 1.05. The first-order chi connectivity index (χ1) is 8.58. The Balaban J connectivity index is 3.00. The summed E-state index contributed by atoms with van der Waals surface area (Å²) in [5, 5.41) is 0. The molecule has 0 saturated heterocycles. The van der Waals surface area contributed by atoms with Crippen LogP contribution in [0.15, 0.2) is 66.3 Å². The van der Waals surface area contributed by atoms with Crippen molar-refractivity contribution in [2.75, 3.05) is 0 Å². The molecule has 0 fully saturated rings. The fourth-order valence-electron chi connectivity index (χ4n) is 1.89. The molecule has 0 saturated carbocycles. The summed E-state index contributed by atoms with van der Waals surface area (Å²) >= 11 is 0. The van der Waals surface area contributed by atoms with Crippen molar-refractivity contribution in [1.82, 2.24) is 0 Å². The van der Waals surface area contributed by atoms with E-state index in [0.717, 1.165) is 5.57 Å². The topological polar surface area (TPSA) is 0 Å². The van der Waals surface area contributed by atoms with Crippen LogP contribution in [0.5, 0.6) is 0 Å². The van der Waals surface area contributed by atoms with Crippen LogP contribution in [-0.4, -0.2) is 0 Å². The minimum Gasteiger partial charge on any atom is -0.0912 e. The van der Waals surface area contributed by atoms with Gasteiger partial charge in [0.2, 0.25) is 0 Å². The Kier molecular flexibility index (Phi) is 5.38. The fourth-order valence-corrected chi connectivity index (χ4v) is 1.89. The molecule has 18 heavy (non-hydrogen) atoms. The van der Waals surface area contributed by atoms with E-state index in [1.165, 1.54) is 22.3 Å². The first kappa shape index (κ1) is 14.2. The number of aryl methyl sites for hydroxylation is 1. The molecule has 0 aliphatic carbocycles. The van der Waals surface area contributed by atoms with Crippen molar-refractivity contribution >= 4 is 5.57 Å². The Morgan fingerprint density at radius 1 is 1.22 bits per heavy atom. The van der Waals surface area contributed by atoms with Crippen molar-refractivity contribution in [3.63, 3.8) is 0 Å². The van der Waals surface area contributed by atoms with Crippen LogP contribution in [0.4, 0.5) is 0 Å². The number of rotatable bonds is 4. The molecule has 0 aromatic heterocycles. The molecule has 1 aromatic rings. The van der Waals surface area contributed by atoms with E-state index in [-0.39, 0.29) is 0 Å². The van der Waals surface area contributed by atoms with Crippen LogP contribution in [0.25, 0.3) is 5.57 Å². The van der Waals surface area contributed by atoms with Gasteiger partial charge in [-0.05, 0) is 50.0 Å². The average Bonchev–Trinajstić information content (AvgIpc) is 2.35. The van der Waals surface area contributed by atoms with Crippen molar-refractivity contribution in [2.24, 2.45) is 0 Å². The van der Waals surface area contributed by atoms with E-state index in [1.807, 2.05) is 19.9 Å². The Bertz CT molecular complexity index is 511. The monoisotopic (exact) mass is 238 g/mol. The second kappa shape index (κ2) is 6.80. The van der Waals surface area contributed by atoms with Crippen molar-refractivity contribution in [1.29, 1.82) is 0 Å². The molecule has 0 radical (unpaired) electrons. The molecule has 0 atom stereocenters. The highest BCUT2D eigenvalue weighted by atomic mass is 14.0. The van der Waals surface area contributed by atoms with Gasteiger partial charge < -0.3 is 0 Å². The number of hydrogen-bond acceptors (Lipinski definition) is 0. The van der Waals surface area contributed by atoms with Gasteiger partial charge in [0.05, 0.1) is 0 Å². The molecule has 0 aliphatic rings. The van der Waals surface area contributed by atoms with Gasteiger partial charge in [0.1, 0.15) is 0 Å². The van der Waals surface area contributed by atoms with Crippen LogP contribution in [0.3, 0.4) is 0 Å². The zero-order valence-electron chi connectivity index (χ0n) is 11.8. The largest absolute Gasteiger partial charge is 0.0912 e. The summed E-state index contributed by atoms with van der Waals surface area (Å²) in [5.74, 6) is 0. The van der Waals surface area contributed by atoms with E-state index in [9.17, 15) is 0 Å². The Labute approximate surface area is 111 Å². The lowest BCUT2D eigenvalue weighted by molar-refractivity contribution is 1.43. The average molecular weight is 238 g/mol. The van der Waals surface area contributed by atoms with Gasteiger partial charge in [0.15, 0.2) is 0 Å². The van der Waals surface area contributed by atoms with Gasteiger partial charge in [-0.1, -0.05) is 60.7 Å². The van der Waals surface area contributed by atoms with Gasteiger partial charge in [0.25, 0.3) is 0 Å². The molecular formula is C18H22. The lowest BCUT2D eigenvalue weighted by atomic mass is 9.99. The lowest BCUT2D eigenvalue weighted by Gasteiger charge is -2.06. The van der Waals surface area contributed by atoms with Gasteiger partial charge in [-0.3, -0.25) is 0 Å². The molecular weight excluding hydrogens is 216 g/mol. The van der Waals surface area contributed by atoms with Crippen LogP contribution in [0, 0.1) is 6.92 Å². The number of hydrogen-bond donors (Lipinski definition) is 0. The first-order valence-electron chi connectivity index (χ1n) is 6.32. The highest BCUT2D eigenvalue weighted by Crippen LogP contribution is 2.20. The summed E-state index contributed by atoms with van der Waals surface area (Å²) in [7, 11) is 0. The summed E-state index contributed by atoms with van der Waals surface area (Å²) in [5.41, 5.74) is 6.00. The van der Waals surface area contributed by atoms with Crippen LogP contribution >= 0.6 is 0 Å². The van der Waals surface area contributed by atoms with Gasteiger partial charge in [-0.15, -0.1) is 0 Å². The molecule has 0 N–H and O–H groups in total. The molecule has 0 heterocycles. The third-order valence-corrected chi connectivity index (χ3v) is 2.89. The van der Waals surface area contributed by atoms with Crippen LogP contribution in [0.2, 0.25) is 0 Å². The lowest BCUT2D eigenvalue weighted by Crippen LogP contribution is -1.85. The predicted octanol–water partition coefficient (Wildman–Crippen LogP) is 5.48. The third-order valence-electron chi connectivity index (χ3n) is 2.89. The van der Waals surface area contributed by atoms with Gasteiger partial charge in [-0.2, -0.15) is 0 Å². The molecule has 0 heteroatoms. The SMILES string of the molecule is C=C(/C=C(\C)c1cccc(C)c1)C(/C=C\C)=C/C. The molecule has 0 unspecified atom stereocenters. The van der Waals surface area contributed by atoms with Crippen molar-refractivity contribution in [3.8, 4) is 0 Å². The Morgan fingerprint density at radius 3 is 2.50 bits per heavy atom. The van der Waals surface area contributed by atoms with Crippen LogP contribution < -0.4 is 0 Å². The van der Waals surface area contributed by atoms with Gasteiger partial charge in [0, 0.05) is 0 Å². The number of benzene rings is 1. The Morgan fingerprint density at radius 2 is 1.94 bits per heavy atom. The normalized spacial score (nSPS) is 13.1. The molecule has 0 bridgehead atoms. The third kappa shape index (κ3) is 3.89. The molecule has 0 spiro atoms. The van der Waals surface area contributed by atoms with E-state index in [0.29, 0.717) is 0 Å². The molecule has 0 nitrogen and oxygen atoms in total. The minimum atomic E-state index is 1.05. The zero-order chi connectivity index (χ0) is 13.5. The van der Waals surface area contributed by atoms with Crippen molar-refractivity contribution in [3.05, 3.63) is 77.4 Å². The van der Waals surface area contributed by atoms with E-state index in [1.54, 1.807) is 0 Å². The first-order valence-corrected chi connectivity index (χ1v) is 6.32. The van der Waals surface area contributed by atoms with Crippen molar-refractivity contribution < 1.29 is 0 Å². The van der Waals surface area contributed by atoms with E-state index < -0.39 is 0 Å². The molecule has 1 aromatic carbocycles. The standard InChI is InChI=1S/C18H22/c1-6-9-17(7-2)15(4)13-16(5)18-11-8-10-14(3)12-18/h6-13H,4H2,1-3,5H3/b9-6-,16-13+,17-7+. The van der Waals surface area contributed by atoms with E-state index >= 15 is 0 Å². The van der Waals surface area contributed by atoms with E-state index in [4.69, 9.17) is 0 Å². The summed E-state index contributed by atoms with van der Waals surface area (Å²) in [6.07, 6.45) is 8.35. The summed E-state index contributed by atoms with van der Waals surface area (Å²) < 4.78 is 0. The van der Waals surface area contributed by atoms with Crippen molar-refractivity contribution in [2.45, 2.75) is 27.7 Å².